The third-order valence-corrected chi connectivity index (χ3v) is 4.43. The number of amidine groups is 1. The molecule has 0 saturated heterocycles. The number of nitrogens with one attached hydrogen (secondary N) is 1. The van der Waals surface area contributed by atoms with Gasteiger partial charge in [-0.05, 0) is 79.9 Å². The van der Waals surface area contributed by atoms with Crippen molar-refractivity contribution in [3.63, 3.8) is 0 Å². The Morgan fingerprint density at radius 3 is 2.34 bits per heavy atom. The van der Waals surface area contributed by atoms with Gasteiger partial charge in [-0.15, -0.1) is 0 Å². The molecule has 0 atom stereocenters. The number of allylic oxidation sites excluding steroid dienone is 3. The number of anilines is 1. The SMILES string of the molecule is CCC(C)=C/C(Br)=C(\N=C(/C)Nc1ccc(C(C)=O)cc1)OCCCC(F)(F)F. The van der Waals surface area contributed by atoms with Gasteiger partial charge in [0.15, 0.2) is 5.78 Å². The average molecular weight is 475 g/mol. The van der Waals surface area contributed by atoms with Gasteiger partial charge in [0.1, 0.15) is 5.84 Å². The molecular formula is C21H26BrF3N2O2. The van der Waals surface area contributed by atoms with Crippen LogP contribution in [-0.4, -0.2) is 24.4 Å². The van der Waals surface area contributed by atoms with Gasteiger partial charge in [-0.2, -0.15) is 18.2 Å². The second-order valence-corrected chi connectivity index (χ2v) is 7.37. The minimum Gasteiger partial charge on any atom is -0.477 e. The number of hydrogen-bond donors (Lipinski definition) is 1. The summed E-state index contributed by atoms with van der Waals surface area (Å²) < 4.78 is 43.1. The highest BCUT2D eigenvalue weighted by atomic mass is 79.9. The Labute approximate surface area is 178 Å². The van der Waals surface area contributed by atoms with Crippen molar-refractivity contribution < 1.29 is 22.7 Å². The van der Waals surface area contributed by atoms with Crippen molar-refractivity contribution >= 4 is 33.2 Å². The van der Waals surface area contributed by atoms with Crippen LogP contribution >= 0.6 is 15.9 Å². The molecule has 0 aliphatic carbocycles. The van der Waals surface area contributed by atoms with Crippen molar-refractivity contribution in [2.24, 2.45) is 4.99 Å². The number of nitrogens with zero attached hydrogens (tertiary/aromatic N) is 1. The number of halogens is 4. The molecule has 4 nitrogen and oxygen atoms in total. The molecular weight excluding hydrogens is 449 g/mol. The molecule has 0 fully saturated rings. The number of rotatable bonds is 9. The highest BCUT2D eigenvalue weighted by Gasteiger charge is 2.26. The van der Waals surface area contributed by atoms with E-state index in [2.05, 4.69) is 26.2 Å². The third-order valence-electron chi connectivity index (χ3n) is 3.86. The minimum atomic E-state index is -4.21. The van der Waals surface area contributed by atoms with E-state index in [4.69, 9.17) is 4.74 Å². The van der Waals surface area contributed by atoms with Gasteiger partial charge < -0.3 is 10.1 Å². The fraction of sp³-hybridized carbons (Fsp3) is 0.429. The molecule has 0 aromatic heterocycles. The highest BCUT2D eigenvalue weighted by molar-refractivity contribution is 9.11. The maximum atomic E-state index is 12.3. The summed E-state index contributed by atoms with van der Waals surface area (Å²) in [6, 6.07) is 6.90. The van der Waals surface area contributed by atoms with Crippen LogP contribution in [0.2, 0.25) is 0 Å². The van der Waals surface area contributed by atoms with E-state index < -0.39 is 12.6 Å². The maximum Gasteiger partial charge on any atom is 0.389 e. The molecule has 0 saturated carbocycles. The Morgan fingerprint density at radius 1 is 1.21 bits per heavy atom. The monoisotopic (exact) mass is 474 g/mol. The zero-order chi connectivity index (χ0) is 22.0. The van der Waals surface area contributed by atoms with Gasteiger partial charge in [0.25, 0.3) is 0 Å². The van der Waals surface area contributed by atoms with E-state index in [1.807, 2.05) is 19.9 Å². The van der Waals surface area contributed by atoms with E-state index in [1.165, 1.54) is 6.92 Å². The first-order valence-electron chi connectivity index (χ1n) is 9.21. The van der Waals surface area contributed by atoms with Gasteiger partial charge in [0, 0.05) is 17.7 Å². The number of benzene rings is 1. The summed E-state index contributed by atoms with van der Waals surface area (Å²) in [5, 5.41) is 3.08. The van der Waals surface area contributed by atoms with Gasteiger partial charge in [-0.3, -0.25) is 4.79 Å². The van der Waals surface area contributed by atoms with Crippen LogP contribution in [0, 0.1) is 0 Å². The Kier molecular flexibility index (Phi) is 10.2. The van der Waals surface area contributed by atoms with Crippen LogP contribution in [0.5, 0.6) is 0 Å². The second kappa shape index (κ2) is 11.8. The van der Waals surface area contributed by atoms with Crippen LogP contribution in [-0.2, 0) is 4.74 Å². The van der Waals surface area contributed by atoms with Gasteiger partial charge >= 0.3 is 6.18 Å². The van der Waals surface area contributed by atoms with Crippen molar-refractivity contribution in [1.82, 2.24) is 0 Å². The molecule has 0 heterocycles. The zero-order valence-corrected chi connectivity index (χ0v) is 18.6. The molecule has 1 rings (SSSR count). The summed E-state index contributed by atoms with van der Waals surface area (Å²) in [4.78, 5) is 15.7. The van der Waals surface area contributed by atoms with E-state index in [0.717, 1.165) is 17.7 Å². The van der Waals surface area contributed by atoms with Crippen LogP contribution in [0.15, 0.2) is 51.3 Å². The predicted octanol–water partition coefficient (Wildman–Crippen LogP) is 7.00. The molecule has 160 valence electrons. The van der Waals surface area contributed by atoms with Crippen molar-refractivity contribution in [1.29, 1.82) is 0 Å². The Balaban J connectivity index is 2.95. The molecule has 0 unspecified atom stereocenters. The third kappa shape index (κ3) is 10.3. The van der Waals surface area contributed by atoms with Gasteiger partial charge in [-0.25, -0.2) is 0 Å². The second-order valence-electron chi connectivity index (χ2n) is 6.52. The standard InChI is InChI=1S/C21H26BrF3N2O2/c1-5-14(2)13-19(22)20(29-12-6-11-21(23,24)25)27-16(4)26-18-9-7-17(8-10-18)15(3)28/h7-10,13H,5-6,11-12H2,1-4H3,(H,26,27)/b14-13?,20-19-. The number of aliphatic imine (C=N–C) groups is 1. The van der Waals surface area contributed by atoms with Crippen molar-refractivity contribution in [2.45, 2.75) is 53.1 Å². The first-order valence-corrected chi connectivity index (χ1v) is 10.0. The van der Waals surface area contributed by atoms with E-state index in [9.17, 15) is 18.0 Å². The topological polar surface area (TPSA) is 50.7 Å². The quantitative estimate of drug-likeness (QED) is 0.105. The number of ether oxygens (including phenoxy) is 1. The van der Waals surface area contributed by atoms with E-state index in [-0.39, 0.29) is 24.7 Å². The zero-order valence-electron chi connectivity index (χ0n) is 17.0. The number of carbonyl (C=O) groups is 1. The molecule has 1 N–H and O–H groups in total. The van der Waals surface area contributed by atoms with Crippen LogP contribution in [0.1, 0.15) is 57.3 Å². The molecule has 1 aromatic rings. The summed E-state index contributed by atoms with van der Waals surface area (Å²) in [7, 11) is 0. The van der Waals surface area contributed by atoms with Crippen molar-refractivity contribution in [3.05, 3.63) is 51.8 Å². The maximum absolute atomic E-state index is 12.3. The lowest BCUT2D eigenvalue weighted by Crippen LogP contribution is -2.11. The fourth-order valence-corrected chi connectivity index (χ4v) is 2.75. The first kappa shape index (κ1) is 24.9. The Morgan fingerprint density at radius 2 is 1.83 bits per heavy atom. The number of carbonyl (C=O) groups excluding carboxylic acids is 1. The smallest absolute Gasteiger partial charge is 0.389 e. The lowest BCUT2D eigenvalue weighted by molar-refractivity contribution is -0.137. The molecule has 0 amide bonds. The van der Waals surface area contributed by atoms with E-state index in [0.29, 0.717) is 15.9 Å². The van der Waals surface area contributed by atoms with Crippen LogP contribution in [0.3, 0.4) is 0 Å². The predicted molar refractivity (Wildman–Crippen MR) is 114 cm³/mol. The van der Waals surface area contributed by atoms with Crippen molar-refractivity contribution in [3.8, 4) is 0 Å². The van der Waals surface area contributed by atoms with Gasteiger partial charge in [-0.1, -0.05) is 12.5 Å². The summed E-state index contributed by atoms with van der Waals surface area (Å²) in [6.45, 7) is 7.04. The fourth-order valence-electron chi connectivity index (χ4n) is 2.15. The highest BCUT2D eigenvalue weighted by Crippen LogP contribution is 2.23. The molecule has 8 heteroatoms. The Bertz CT molecular complexity index is 782. The number of Topliss-reactive ketones (excluding diaryl/α,β-unsaturated/α-hetero) is 1. The summed E-state index contributed by atoms with van der Waals surface area (Å²) in [5.74, 6) is 0.664. The molecule has 0 bridgehead atoms. The summed E-state index contributed by atoms with van der Waals surface area (Å²) >= 11 is 3.40. The van der Waals surface area contributed by atoms with Crippen molar-refractivity contribution in [2.75, 3.05) is 11.9 Å². The minimum absolute atomic E-state index is 0.0265. The van der Waals surface area contributed by atoms with Crippen LogP contribution < -0.4 is 5.32 Å². The molecule has 0 aliphatic heterocycles. The van der Waals surface area contributed by atoms with E-state index >= 15 is 0 Å². The molecule has 0 radical (unpaired) electrons. The number of hydrogen-bond acceptors (Lipinski definition) is 3. The molecule has 0 aliphatic rings. The normalized spacial score (nSPS) is 13.8. The van der Waals surface area contributed by atoms with Crippen LogP contribution in [0.25, 0.3) is 0 Å². The van der Waals surface area contributed by atoms with Crippen LogP contribution in [0.4, 0.5) is 18.9 Å². The molecule has 1 aromatic carbocycles. The van der Waals surface area contributed by atoms with E-state index in [1.54, 1.807) is 31.2 Å². The Hall–Kier alpha value is -2.09. The largest absolute Gasteiger partial charge is 0.477 e. The number of alkyl halides is 3. The lowest BCUT2D eigenvalue weighted by atomic mass is 10.1. The summed E-state index contributed by atoms with van der Waals surface area (Å²) in [6.07, 6.45) is -2.63. The average Bonchev–Trinajstić information content (AvgIpc) is 2.63. The first-order chi connectivity index (χ1) is 13.5. The molecule has 29 heavy (non-hydrogen) atoms. The molecule has 0 spiro atoms. The van der Waals surface area contributed by atoms with Gasteiger partial charge in [0.2, 0.25) is 5.88 Å². The number of ketones is 1. The summed E-state index contributed by atoms with van der Waals surface area (Å²) in [5.41, 5.74) is 2.39. The lowest BCUT2D eigenvalue weighted by Gasteiger charge is -2.12. The van der Waals surface area contributed by atoms with Gasteiger partial charge in [0.05, 0.1) is 11.1 Å².